The first-order valence-electron chi connectivity index (χ1n) is 10.9. The van der Waals surface area contributed by atoms with Gasteiger partial charge in [-0.2, -0.15) is 4.31 Å². The van der Waals surface area contributed by atoms with Crippen molar-refractivity contribution in [2.45, 2.75) is 11.3 Å². The fraction of sp³-hybridized carbons (Fsp3) is 0.240. The molecule has 3 aromatic carbocycles. The maximum Gasteiger partial charge on any atom is 0.252 e. The Kier molecular flexibility index (Phi) is 7.33. The molecule has 0 unspecified atom stereocenters. The van der Waals surface area contributed by atoms with E-state index in [2.05, 4.69) is 10.2 Å². The quantitative estimate of drug-likeness (QED) is 0.554. The van der Waals surface area contributed by atoms with Crippen LogP contribution >= 0.6 is 11.6 Å². The number of para-hydroxylation sites is 1. The van der Waals surface area contributed by atoms with Crippen LogP contribution in [-0.4, -0.2) is 51.4 Å². The smallest absolute Gasteiger partial charge is 0.252 e. The summed E-state index contributed by atoms with van der Waals surface area (Å²) in [6.07, 6.45) is 0.674. The summed E-state index contributed by atoms with van der Waals surface area (Å²) in [4.78, 5) is 14.9. The first-order valence-corrected chi connectivity index (χ1v) is 12.7. The van der Waals surface area contributed by atoms with Crippen LogP contribution in [0.1, 0.15) is 15.9 Å². The molecule has 3 aromatic rings. The largest absolute Gasteiger partial charge is 0.369 e. The lowest BCUT2D eigenvalue weighted by Gasteiger charge is -2.35. The van der Waals surface area contributed by atoms with E-state index in [0.717, 1.165) is 11.3 Å². The highest BCUT2D eigenvalue weighted by Crippen LogP contribution is 2.25. The molecule has 0 aromatic heterocycles. The normalized spacial score (nSPS) is 14.8. The van der Waals surface area contributed by atoms with Crippen LogP contribution in [0.5, 0.6) is 0 Å². The van der Waals surface area contributed by atoms with Crippen LogP contribution in [0.4, 0.5) is 5.69 Å². The van der Waals surface area contributed by atoms with E-state index in [1.165, 1.54) is 22.5 Å². The predicted molar refractivity (Wildman–Crippen MR) is 131 cm³/mol. The third-order valence-corrected chi connectivity index (χ3v) is 7.95. The van der Waals surface area contributed by atoms with Crippen LogP contribution in [0.2, 0.25) is 5.02 Å². The SMILES string of the molecule is O=C(NCCc1ccccc1)c1cc(S(=O)(=O)N2CCN(c3ccccc3)CC2)ccc1Cl. The van der Waals surface area contributed by atoms with Gasteiger partial charge in [-0.15, -0.1) is 0 Å². The fourth-order valence-corrected chi connectivity index (χ4v) is 5.53. The molecule has 1 aliphatic rings. The van der Waals surface area contributed by atoms with Crippen molar-refractivity contribution in [3.8, 4) is 0 Å². The molecule has 0 atom stereocenters. The molecule has 1 amide bonds. The highest BCUT2D eigenvalue weighted by atomic mass is 35.5. The summed E-state index contributed by atoms with van der Waals surface area (Å²) < 4.78 is 28.0. The van der Waals surface area contributed by atoms with Crippen LogP contribution < -0.4 is 10.2 Å². The van der Waals surface area contributed by atoms with Gasteiger partial charge in [-0.3, -0.25) is 4.79 Å². The van der Waals surface area contributed by atoms with E-state index in [4.69, 9.17) is 11.6 Å². The van der Waals surface area contributed by atoms with Gasteiger partial charge in [0.15, 0.2) is 0 Å². The molecule has 6 nitrogen and oxygen atoms in total. The van der Waals surface area contributed by atoms with Gasteiger partial charge in [0.1, 0.15) is 0 Å². The molecule has 1 N–H and O–H groups in total. The van der Waals surface area contributed by atoms with Crippen LogP contribution in [0.25, 0.3) is 0 Å². The van der Waals surface area contributed by atoms with Crippen molar-refractivity contribution >= 4 is 33.2 Å². The molecule has 0 radical (unpaired) electrons. The number of hydrogen-bond donors (Lipinski definition) is 1. The summed E-state index contributed by atoms with van der Waals surface area (Å²) in [7, 11) is -3.74. The average molecular weight is 484 g/mol. The number of benzene rings is 3. The summed E-state index contributed by atoms with van der Waals surface area (Å²) >= 11 is 6.23. The fourth-order valence-electron chi connectivity index (χ4n) is 3.87. The lowest BCUT2D eigenvalue weighted by Crippen LogP contribution is -2.48. The van der Waals surface area contributed by atoms with Gasteiger partial charge < -0.3 is 10.2 Å². The molecule has 33 heavy (non-hydrogen) atoms. The molecular weight excluding hydrogens is 458 g/mol. The minimum atomic E-state index is -3.74. The van der Waals surface area contributed by atoms with Gasteiger partial charge in [-0.05, 0) is 42.3 Å². The van der Waals surface area contributed by atoms with Gasteiger partial charge in [-0.25, -0.2) is 8.42 Å². The Hall–Kier alpha value is -2.87. The van der Waals surface area contributed by atoms with Crippen molar-refractivity contribution in [2.24, 2.45) is 0 Å². The number of amides is 1. The third-order valence-electron chi connectivity index (χ3n) is 5.72. The number of sulfonamides is 1. The molecular formula is C25H26ClN3O3S. The molecule has 8 heteroatoms. The number of carbonyl (C=O) groups is 1. The van der Waals surface area contributed by atoms with E-state index >= 15 is 0 Å². The number of piperazine rings is 1. The Balaban J connectivity index is 1.42. The Morgan fingerprint density at radius 3 is 2.18 bits per heavy atom. The summed E-state index contributed by atoms with van der Waals surface area (Å²) in [5.74, 6) is -0.387. The maximum atomic E-state index is 13.2. The van der Waals surface area contributed by atoms with Gasteiger partial charge in [0.25, 0.3) is 5.91 Å². The molecule has 1 aliphatic heterocycles. The van der Waals surface area contributed by atoms with Crippen molar-refractivity contribution in [2.75, 3.05) is 37.6 Å². The number of carbonyl (C=O) groups excluding carboxylic acids is 1. The zero-order valence-corrected chi connectivity index (χ0v) is 19.7. The Labute approximate surface area is 199 Å². The molecule has 1 fully saturated rings. The van der Waals surface area contributed by atoms with E-state index in [9.17, 15) is 13.2 Å². The van der Waals surface area contributed by atoms with Crippen LogP contribution in [0.15, 0.2) is 83.8 Å². The van der Waals surface area contributed by atoms with E-state index in [0.29, 0.717) is 39.1 Å². The average Bonchev–Trinajstić information content (AvgIpc) is 2.85. The Bertz CT molecular complexity index is 1200. The summed E-state index contributed by atoms with van der Waals surface area (Å²) in [6.45, 7) is 2.38. The van der Waals surface area contributed by atoms with Crippen LogP contribution in [-0.2, 0) is 16.4 Å². The Morgan fingerprint density at radius 2 is 1.52 bits per heavy atom. The molecule has 172 valence electrons. The standard InChI is InChI=1S/C25H26ClN3O3S/c26-24-12-11-22(19-23(24)25(30)27-14-13-20-7-3-1-4-8-20)33(31,32)29-17-15-28(16-18-29)21-9-5-2-6-10-21/h1-12,19H,13-18H2,(H,27,30). The molecule has 1 saturated heterocycles. The summed E-state index contributed by atoms with van der Waals surface area (Å²) in [6, 6.07) is 24.1. The Morgan fingerprint density at radius 1 is 0.879 bits per heavy atom. The third kappa shape index (κ3) is 5.55. The highest BCUT2D eigenvalue weighted by Gasteiger charge is 2.29. The summed E-state index contributed by atoms with van der Waals surface area (Å²) in [5, 5.41) is 3.05. The predicted octanol–water partition coefficient (Wildman–Crippen LogP) is 3.82. The monoisotopic (exact) mass is 483 g/mol. The van der Waals surface area contributed by atoms with Gasteiger partial charge in [0, 0.05) is 38.4 Å². The zero-order chi connectivity index (χ0) is 23.3. The lowest BCUT2D eigenvalue weighted by molar-refractivity contribution is 0.0954. The van der Waals surface area contributed by atoms with Gasteiger partial charge in [0.05, 0.1) is 15.5 Å². The number of nitrogens with zero attached hydrogens (tertiary/aromatic N) is 2. The van der Waals surface area contributed by atoms with Gasteiger partial charge in [0.2, 0.25) is 10.0 Å². The maximum absolute atomic E-state index is 13.2. The van der Waals surface area contributed by atoms with Crippen molar-refractivity contribution in [1.82, 2.24) is 9.62 Å². The van der Waals surface area contributed by atoms with Crippen LogP contribution in [0.3, 0.4) is 0 Å². The van der Waals surface area contributed by atoms with Crippen molar-refractivity contribution in [3.63, 3.8) is 0 Å². The molecule has 0 aliphatic carbocycles. The minimum absolute atomic E-state index is 0.0771. The second-order valence-corrected chi connectivity index (χ2v) is 10.2. The molecule has 1 heterocycles. The number of halogens is 1. The topological polar surface area (TPSA) is 69.7 Å². The van der Waals surface area contributed by atoms with Gasteiger partial charge in [-0.1, -0.05) is 60.1 Å². The highest BCUT2D eigenvalue weighted by molar-refractivity contribution is 7.89. The second-order valence-electron chi connectivity index (χ2n) is 7.86. The van der Waals surface area contributed by atoms with Gasteiger partial charge >= 0.3 is 0 Å². The molecule has 0 spiro atoms. The van der Waals surface area contributed by atoms with E-state index in [1.54, 1.807) is 0 Å². The molecule has 0 saturated carbocycles. The number of anilines is 1. The van der Waals surface area contributed by atoms with E-state index in [-0.39, 0.29) is 21.4 Å². The lowest BCUT2D eigenvalue weighted by atomic mass is 10.1. The number of hydrogen-bond acceptors (Lipinski definition) is 4. The first-order chi connectivity index (χ1) is 15.9. The second kappa shape index (κ2) is 10.4. The van der Waals surface area contributed by atoms with Crippen molar-refractivity contribution < 1.29 is 13.2 Å². The minimum Gasteiger partial charge on any atom is -0.369 e. The molecule has 4 rings (SSSR count). The van der Waals surface area contributed by atoms with E-state index in [1.807, 2.05) is 60.7 Å². The van der Waals surface area contributed by atoms with Crippen LogP contribution in [0, 0.1) is 0 Å². The zero-order valence-electron chi connectivity index (χ0n) is 18.2. The number of nitrogens with one attached hydrogen (secondary N) is 1. The molecule has 0 bridgehead atoms. The van der Waals surface area contributed by atoms with Crippen molar-refractivity contribution in [1.29, 1.82) is 0 Å². The van der Waals surface area contributed by atoms with Crippen molar-refractivity contribution in [3.05, 3.63) is 95.0 Å². The number of rotatable bonds is 7. The summed E-state index contributed by atoms with van der Waals surface area (Å²) in [5.41, 5.74) is 2.35. The first kappa shape index (κ1) is 23.3. The van der Waals surface area contributed by atoms with E-state index < -0.39 is 10.0 Å².